The summed E-state index contributed by atoms with van der Waals surface area (Å²) < 4.78 is 0. The molecule has 0 bridgehead atoms. The van der Waals surface area contributed by atoms with Crippen LogP contribution in [0.3, 0.4) is 0 Å². The van der Waals surface area contributed by atoms with Crippen LogP contribution in [-0.4, -0.2) is 47.8 Å². The van der Waals surface area contributed by atoms with E-state index in [4.69, 9.17) is 0 Å². The molecule has 116 valence electrons. The van der Waals surface area contributed by atoms with Gasteiger partial charge in [-0.2, -0.15) is 0 Å². The zero-order valence-corrected chi connectivity index (χ0v) is 13.8. The SMILES string of the molecule is CCCN(CCC)CCCC(CC)(CO)NC(C)C. The van der Waals surface area contributed by atoms with Gasteiger partial charge in [-0.3, -0.25) is 0 Å². The monoisotopic (exact) mass is 272 g/mol. The first-order valence-electron chi connectivity index (χ1n) is 8.14. The molecular weight excluding hydrogens is 236 g/mol. The van der Waals surface area contributed by atoms with Crippen LogP contribution in [0.15, 0.2) is 0 Å². The molecule has 0 saturated heterocycles. The Bertz CT molecular complexity index is 197. The largest absolute Gasteiger partial charge is 0.394 e. The molecule has 0 radical (unpaired) electrons. The van der Waals surface area contributed by atoms with Crippen LogP contribution in [0.25, 0.3) is 0 Å². The van der Waals surface area contributed by atoms with Crippen LogP contribution in [0.2, 0.25) is 0 Å². The van der Waals surface area contributed by atoms with E-state index in [0.29, 0.717) is 6.04 Å². The van der Waals surface area contributed by atoms with Crippen molar-refractivity contribution < 1.29 is 5.11 Å². The Morgan fingerprint density at radius 3 is 2.00 bits per heavy atom. The van der Waals surface area contributed by atoms with Crippen LogP contribution in [0.1, 0.15) is 66.7 Å². The zero-order valence-electron chi connectivity index (χ0n) is 13.8. The lowest BCUT2D eigenvalue weighted by molar-refractivity contribution is 0.130. The molecule has 1 unspecified atom stereocenters. The van der Waals surface area contributed by atoms with E-state index in [1.165, 1.54) is 25.9 Å². The van der Waals surface area contributed by atoms with E-state index in [9.17, 15) is 5.11 Å². The van der Waals surface area contributed by atoms with E-state index in [1.807, 2.05) is 0 Å². The van der Waals surface area contributed by atoms with Crippen molar-refractivity contribution >= 4 is 0 Å². The molecule has 1 atom stereocenters. The summed E-state index contributed by atoms with van der Waals surface area (Å²) in [6.07, 6.45) is 5.66. The van der Waals surface area contributed by atoms with Gasteiger partial charge < -0.3 is 15.3 Å². The summed E-state index contributed by atoms with van der Waals surface area (Å²) in [6, 6.07) is 0.425. The Labute approximate surface area is 120 Å². The van der Waals surface area contributed by atoms with Crippen molar-refractivity contribution in [2.24, 2.45) is 0 Å². The van der Waals surface area contributed by atoms with Gasteiger partial charge in [0.05, 0.1) is 6.61 Å². The molecule has 3 nitrogen and oxygen atoms in total. The van der Waals surface area contributed by atoms with Crippen LogP contribution < -0.4 is 5.32 Å². The minimum absolute atomic E-state index is 0.0851. The normalized spacial score (nSPS) is 15.2. The van der Waals surface area contributed by atoms with Crippen LogP contribution in [0, 0.1) is 0 Å². The maximum atomic E-state index is 9.72. The Morgan fingerprint density at radius 2 is 1.63 bits per heavy atom. The minimum Gasteiger partial charge on any atom is -0.394 e. The van der Waals surface area contributed by atoms with E-state index in [1.54, 1.807) is 0 Å². The predicted molar refractivity (Wildman–Crippen MR) is 84.6 cm³/mol. The van der Waals surface area contributed by atoms with Gasteiger partial charge in [-0.25, -0.2) is 0 Å². The Morgan fingerprint density at radius 1 is 1.05 bits per heavy atom. The molecule has 0 aliphatic carbocycles. The second-order valence-electron chi connectivity index (χ2n) is 6.04. The van der Waals surface area contributed by atoms with Crippen molar-refractivity contribution in [3.05, 3.63) is 0 Å². The molecule has 0 fully saturated rings. The lowest BCUT2D eigenvalue weighted by Crippen LogP contribution is -2.51. The fraction of sp³-hybridized carbons (Fsp3) is 1.00. The second-order valence-corrected chi connectivity index (χ2v) is 6.04. The summed E-state index contributed by atoms with van der Waals surface area (Å²) in [5.41, 5.74) is -0.0851. The van der Waals surface area contributed by atoms with Gasteiger partial charge >= 0.3 is 0 Å². The third-order valence-electron chi connectivity index (χ3n) is 3.78. The van der Waals surface area contributed by atoms with Gasteiger partial charge in [-0.05, 0) is 51.7 Å². The lowest BCUT2D eigenvalue weighted by atomic mass is 9.90. The quantitative estimate of drug-likeness (QED) is 0.573. The maximum absolute atomic E-state index is 9.72. The fourth-order valence-electron chi connectivity index (χ4n) is 2.81. The molecule has 0 saturated carbocycles. The first kappa shape index (κ1) is 18.9. The fourth-order valence-corrected chi connectivity index (χ4v) is 2.81. The van der Waals surface area contributed by atoms with Crippen LogP contribution in [-0.2, 0) is 0 Å². The number of nitrogens with zero attached hydrogens (tertiary/aromatic N) is 1. The summed E-state index contributed by atoms with van der Waals surface area (Å²) in [4.78, 5) is 2.55. The Hall–Kier alpha value is -0.120. The van der Waals surface area contributed by atoms with Crippen molar-refractivity contribution in [3.8, 4) is 0 Å². The summed E-state index contributed by atoms with van der Waals surface area (Å²) >= 11 is 0. The Kier molecular flexibility index (Phi) is 10.6. The zero-order chi connectivity index (χ0) is 14.7. The van der Waals surface area contributed by atoms with Gasteiger partial charge in [-0.15, -0.1) is 0 Å². The second kappa shape index (κ2) is 10.6. The van der Waals surface area contributed by atoms with Gasteiger partial charge in [0.2, 0.25) is 0 Å². The molecule has 0 aromatic rings. The summed E-state index contributed by atoms with van der Waals surface area (Å²) in [7, 11) is 0. The molecular formula is C16H36N2O. The van der Waals surface area contributed by atoms with Crippen molar-refractivity contribution in [2.45, 2.75) is 78.3 Å². The highest BCUT2D eigenvalue weighted by molar-refractivity contribution is 4.87. The first-order chi connectivity index (χ1) is 9.03. The maximum Gasteiger partial charge on any atom is 0.0613 e. The number of aliphatic hydroxyl groups is 1. The molecule has 0 amide bonds. The van der Waals surface area contributed by atoms with Crippen LogP contribution >= 0.6 is 0 Å². The predicted octanol–water partition coefficient (Wildman–Crippen LogP) is 3.03. The average Bonchev–Trinajstić information content (AvgIpc) is 2.37. The van der Waals surface area contributed by atoms with Gasteiger partial charge in [0.25, 0.3) is 0 Å². The number of nitrogens with one attached hydrogen (secondary N) is 1. The van der Waals surface area contributed by atoms with E-state index >= 15 is 0 Å². The topological polar surface area (TPSA) is 35.5 Å². The summed E-state index contributed by atoms with van der Waals surface area (Å²) in [6.45, 7) is 14.8. The minimum atomic E-state index is -0.0851. The number of hydrogen-bond acceptors (Lipinski definition) is 3. The number of hydrogen-bond donors (Lipinski definition) is 2. The number of rotatable bonds is 12. The smallest absolute Gasteiger partial charge is 0.0613 e. The van der Waals surface area contributed by atoms with Gasteiger partial charge in [0.1, 0.15) is 0 Å². The van der Waals surface area contributed by atoms with E-state index in [0.717, 1.165) is 25.8 Å². The van der Waals surface area contributed by atoms with E-state index < -0.39 is 0 Å². The Balaban J connectivity index is 4.22. The molecule has 0 spiro atoms. The highest BCUT2D eigenvalue weighted by atomic mass is 16.3. The van der Waals surface area contributed by atoms with Crippen molar-refractivity contribution in [3.63, 3.8) is 0 Å². The molecule has 0 aliphatic rings. The molecule has 0 aromatic heterocycles. The number of aliphatic hydroxyl groups excluding tert-OH is 1. The molecule has 0 rings (SSSR count). The first-order valence-corrected chi connectivity index (χ1v) is 8.14. The summed E-state index contributed by atoms with van der Waals surface area (Å²) in [5.74, 6) is 0. The van der Waals surface area contributed by atoms with E-state index in [2.05, 4.69) is 44.8 Å². The van der Waals surface area contributed by atoms with Crippen molar-refractivity contribution in [1.82, 2.24) is 10.2 Å². The standard InChI is InChI=1S/C16H36N2O/c1-6-11-18(12-7-2)13-9-10-16(8-3,14-19)17-15(4)5/h15,17,19H,6-14H2,1-5H3. The molecule has 19 heavy (non-hydrogen) atoms. The van der Waals surface area contributed by atoms with Gasteiger partial charge in [-0.1, -0.05) is 34.6 Å². The third-order valence-corrected chi connectivity index (χ3v) is 3.78. The van der Waals surface area contributed by atoms with Crippen molar-refractivity contribution in [2.75, 3.05) is 26.2 Å². The summed E-state index contributed by atoms with van der Waals surface area (Å²) in [5, 5.41) is 13.3. The third kappa shape index (κ3) is 7.91. The average molecular weight is 272 g/mol. The van der Waals surface area contributed by atoms with E-state index in [-0.39, 0.29) is 12.1 Å². The van der Waals surface area contributed by atoms with Crippen molar-refractivity contribution in [1.29, 1.82) is 0 Å². The van der Waals surface area contributed by atoms with Gasteiger partial charge in [0.15, 0.2) is 0 Å². The molecule has 0 aliphatic heterocycles. The van der Waals surface area contributed by atoms with Crippen LogP contribution in [0.4, 0.5) is 0 Å². The highest BCUT2D eigenvalue weighted by Gasteiger charge is 2.27. The lowest BCUT2D eigenvalue weighted by Gasteiger charge is -2.35. The van der Waals surface area contributed by atoms with Crippen LogP contribution in [0.5, 0.6) is 0 Å². The molecule has 3 heteroatoms. The molecule has 2 N–H and O–H groups in total. The highest BCUT2D eigenvalue weighted by Crippen LogP contribution is 2.18. The van der Waals surface area contributed by atoms with Gasteiger partial charge in [0, 0.05) is 11.6 Å². The molecule has 0 heterocycles. The molecule has 0 aromatic carbocycles.